The number of nitrogens with one attached hydrogen (secondary N) is 2. The van der Waals surface area contributed by atoms with Crippen LogP contribution in [-0.2, 0) is 0 Å². The lowest BCUT2D eigenvalue weighted by atomic mass is 10.2. The lowest BCUT2D eigenvalue weighted by Gasteiger charge is -2.10. The second kappa shape index (κ2) is 6.25. The van der Waals surface area contributed by atoms with Crippen LogP contribution in [0.4, 0.5) is 16.2 Å². The molecular formula is C15H13N3O2. The normalized spacial score (nSPS) is 9.40. The minimum absolute atomic E-state index is 0.399. The predicted octanol–water partition coefficient (Wildman–Crippen LogP) is 3.21. The Kier molecular flexibility index (Phi) is 4.20. The molecule has 0 aliphatic rings. The van der Waals surface area contributed by atoms with Crippen molar-refractivity contribution < 1.29 is 9.53 Å². The maximum absolute atomic E-state index is 11.9. The van der Waals surface area contributed by atoms with E-state index in [1.807, 2.05) is 12.1 Å². The highest BCUT2D eigenvalue weighted by molar-refractivity contribution is 6.00. The van der Waals surface area contributed by atoms with Crippen molar-refractivity contribution in [1.29, 1.82) is 5.26 Å². The lowest BCUT2D eigenvalue weighted by molar-refractivity contribution is 0.262. The third-order valence-electron chi connectivity index (χ3n) is 2.60. The molecule has 0 saturated carbocycles. The first-order valence-corrected chi connectivity index (χ1v) is 5.94. The molecule has 0 heterocycles. The van der Waals surface area contributed by atoms with Crippen LogP contribution < -0.4 is 15.4 Å². The predicted molar refractivity (Wildman–Crippen MR) is 76.8 cm³/mol. The number of nitrogens with zero attached hydrogens (tertiary/aromatic N) is 1. The Morgan fingerprint density at radius 1 is 1.15 bits per heavy atom. The number of nitriles is 1. The van der Waals surface area contributed by atoms with E-state index < -0.39 is 6.03 Å². The molecule has 0 aliphatic carbocycles. The number of para-hydroxylation sites is 2. The standard InChI is InChI=1S/C15H13N3O2/c1-20-14-8-3-2-7-13(14)18-15(19)17-12-6-4-5-11(9-12)10-16/h2-9H,1H3,(H2,17,18,19). The second-order valence-electron chi connectivity index (χ2n) is 3.97. The number of benzene rings is 2. The SMILES string of the molecule is COc1ccccc1NC(=O)Nc1cccc(C#N)c1. The van der Waals surface area contributed by atoms with Crippen molar-refractivity contribution in [2.75, 3.05) is 17.7 Å². The van der Waals surface area contributed by atoms with Crippen LogP contribution in [0.2, 0.25) is 0 Å². The molecule has 2 aromatic rings. The molecule has 100 valence electrons. The quantitative estimate of drug-likeness (QED) is 0.896. The number of hydrogen-bond acceptors (Lipinski definition) is 3. The summed E-state index contributed by atoms with van der Waals surface area (Å²) in [6.45, 7) is 0. The Bertz CT molecular complexity index is 662. The zero-order chi connectivity index (χ0) is 14.4. The third-order valence-corrected chi connectivity index (χ3v) is 2.60. The number of amides is 2. The number of carbonyl (C=O) groups is 1. The number of methoxy groups -OCH3 is 1. The van der Waals surface area contributed by atoms with Gasteiger partial charge in [-0.25, -0.2) is 4.79 Å². The van der Waals surface area contributed by atoms with Gasteiger partial charge in [0.25, 0.3) is 0 Å². The van der Waals surface area contributed by atoms with Gasteiger partial charge in [-0.3, -0.25) is 0 Å². The number of anilines is 2. The van der Waals surface area contributed by atoms with Gasteiger partial charge in [-0.1, -0.05) is 18.2 Å². The van der Waals surface area contributed by atoms with Crippen molar-refractivity contribution in [1.82, 2.24) is 0 Å². The largest absolute Gasteiger partial charge is 0.495 e. The molecule has 0 radical (unpaired) electrons. The molecule has 0 bridgehead atoms. The summed E-state index contributed by atoms with van der Waals surface area (Å²) in [6.07, 6.45) is 0. The van der Waals surface area contributed by atoms with E-state index in [4.69, 9.17) is 10.00 Å². The van der Waals surface area contributed by atoms with Gasteiger partial charge in [0.2, 0.25) is 0 Å². The maximum atomic E-state index is 11.9. The van der Waals surface area contributed by atoms with Gasteiger partial charge in [-0.2, -0.15) is 5.26 Å². The average molecular weight is 267 g/mol. The average Bonchev–Trinajstić information content (AvgIpc) is 2.48. The van der Waals surface area contributed by atoms with Crippen molar-refractivity contribution in [2.24, 2.45) is 0 Å². The van der Waals surface area contributed by atoms with Gasteiger partial charge in [-0.05, 0) is 30.3 Å². The first-order valence-electron chi connectivity index (χ1n) is 5.94. The van der Waals surface area contributed by atoms with Crippen molar-refractivity contribution in [3.8, 4) is 11.8 Å². The number of urea groups is 1. The molecule has 20 heavy (non-hydrogen) atoms. The Morgan fingerprint density at radius 3 is 2.70 bits per heavy atom. The molecule has 0 saturated heterocycles. The highest BCUT2D eigenvalue weighted by Crippen LogP contribution is 2.23. The highest BCUT2D eigenvalue weighted by Gasteiger charge is 2.07. The molecule has 0 atom stereocenters. The maximum Gasteiger partial charge on any atom is 0.323 e. The van der Waals surface area contributed by atoms with Crippen molar-refractivity contribution in [2.45, 2.75) is 0 Å². The molecular weight excluding hydrogens is 254 g/mol. The summed E-state index contributed by atoms with van der Waals surface area (Å²) in [5, 5.41) is 14.2. The number of carbonyl (C=O) groups excluding carboxylic acids is 1. The summed E-state index contributed by atoms with van der Waals surface area (Å²) in [4.78, 5) is 11.9. The molecule has 0 fully saturated rings. The highest BCUT2D eigenvalue weighted by atomic mass is 16.5. The van der Waals surface area contributed by atoms with E-state index in [-0.39, 0.29) is 0 Å². The Hall–Kier alpha value is -3.00. The smallest absolute Gasteiger partial charge is 0.323 e. The van der Waals surface area contributed by atoms with Crippen LogP contribution in [0.25, 0.3) is 0 Å². The summed E-state index contributed by atoms with van der Waals surface area (Å²) in [7, 11) is 1.54. The third kappa shape index (κ3) is 3.27. The zero-order valence-electron chi connectivity index (χ0n) is 10.9. The molecule has 2 N–H and O–H groups in total. The van der Waals surface area contributed by atoms with Gasteiger partial charge in [0.15, 0.2) is 0 Å². The van der Waals surface area contributed by atoms with Crippen molar-refractivity contribution in [3.63, 3.8) is 0 Å². The van der Waals surface area contributed by atoms with E-state index >= 15 is 0 Å². The van der Waals surface area contributed by atoms with Crippen LogP contribution in [0.3, 0.4) is 0 Å². The molecule has 5 heteroatoms. The monoisotopic (exact) mass is 267 g/mol. The number of ether oxygens (including phenoxy) is 1. The first-order chi connectivity index (χ1) is 9.72. The van der Waals surface area contributed by atoms with Gasteiger partial charge in [-0.15, -0.1) is 0 Å². The van der Waals surface area contributed by atoms with E-state index in [1.54, 1.807) is 42.5 Å². The fourth-order valence-corrected chi connectivity index (χ4v) is 1.70. The number of hydrogen-bond donors (Lipinski definition) is 2. The molecule has 2 amide bonds. The Balaban J connectivity index is 2.07. The fraction of sp³-hybridized carbons (Fsp3) is 0.0667. The van der Waals surface area contributed by atoms with E-state index in [1.165, 1.54) is 7.11 Å². The Labute approximate surface area is 116 Å². The summed E-state index contributed by atoms with van der Waals surface area (Å²) >= 11 is 0. The summed E-state index contributed by atoms with van der Waals surface area (Å²) in [5.74, 6) is 0.577. The van der Waals surface area contributed by atoms with Crippen LogP contribution in [0.5, 0.6) is 5.75 Å². The lowest BCUT2D eigenvalue weighted by Crippen LogP contribution is -2.19. The molecule has 5 nitrogen and oxygen atoms in total. The minimum atomic E-state index is -0.399. The first kappa shape index (κ1) is 13.4. The van der Waals surface area contributed by atoms with E-state index in [0.29, 0.717) is 22.7 Å². The van der Waals surface area contributed by atoms with Crippen LogP contribution in [0.15, 0.2) is 48.5 Å². The van der Waals surface area contributed by atoms with E-state index in [9.17, 15) is 4.79 Å². The molecule has 0 unspecified atom stereocenters. The zero-order valence-corrected chi connectivity index (χ0v) is 10.9. The number of rotatable bonds is 3. The van der Waals surface area contributed by atoms with Gasteiger partial charge < -0.3 is 15.4 Å². The summed E-state index contributed by atoms with van der Waals surface area (Å²) in [6, 6.07) is 15.4. The molecule has 0 aromatic heterocycles. The summed E-state index contributed by atoms with van der Waals surface area (Å²) in [5.41, 5.74) is 1.61. The topological polar surface area (TPSA) is 74.2 Å². The molecule has 0 spiro atoms. The molecule has 2 rings (SSSR count). The Morgan fingerprint density at radius 2 is 1.95 bits per heavy atom. The van der Waals surface area contributed by atoms with Crippen molar-refractivity contribution in [3.05, 3.63) is 54.1 Å². The molecule has 2 aromatic carbocycles. The fourth-order valence-electron chi connectivity index (χ4n) is 1.70. The van der Waals surface area contributed by atoms with Gasteiger partial charge in [0.1, 0.15) is 5.75 Å². The van der Waals surface area contributed by atoms with E-state index in [2.05, 4.69) is 10.6 Å². The molecule has 0 aliphatic heterocycles. The van der Waals surface area contributed by atoms with Crippen LogP contribution in [0.1, 0.15) is 5.56 Å². The van der Waals surface area contributed by atoms with Crippen LogP contribution in [0, 0.1) is 11.3 Å². The second-order valence-corrected chi connectivity index (χ2v) is 3.97. The van der Waals surface area contributed by atoms with Crippen LogP contribution >= 0.6 is 0 Å². The van der Waals surface area contributed by atoms with Crippen LogP contribution in [-0.4, -0.2) is 13.1 Å². The minimum Gasteiger partial charge on any atom is -0.495 e. The van der Waals surface area contributed by atoms with Gasteiger partial charge in [0, 0.05) is 5.69 Å². The summed E-state index contributed by atoms with van der Waals surface area (Å²) < 4.78 is 5.15. The van der Waals surface area contributed by atoms with Crippen molar-refractivity contribution >= 4 is 17.4 Å². The van der Waals surface area contributed by atoms with Gasteiger partial charge in [0.05, 0.1) is 24.4 Å². The van der Waals surface area contributed by atoms with Gasteiger partial charge >= 0.3 is 6.03 Å². The van der Waals surface area contributed by atoms with E-state index in [0.717, 1.165) is 0 Å².